The van der Waals surface area contributed by atoms with Crippen molar-refractivity contribution >= 4 is 17.8 Å². The van der Waals surface area contributed by atoms with E-state index in [1.807, 2.05) is 0 Å². The van der Waals surface area contributed by atoms with Crippen LogP contribution in [-0.2, 0) is 14.4 Å². The van der Waals surface area contributed by atoms with Gasteiger partial charge in [-0.25, -0.2) is 0 Å². The first-order valence-electron chi connectivity index (χ1n) is 5.56. The number of hydrogen-bond acceptors (Lipinski definition) is 4. The van der Waals surface area contributed by atoms with Crippen molar-refractivity contribution in [2.24, 2.45) is 0 Å². The maximum Gasteiger partial charge on any atom is 0.305 e. The molecule has 1 fully saturated rings. The predicted octanol–water partition coefficient (Wildman–Crippen LogP) is 0.399. The molecule has 0 saturated carbocycles. The van der Waals surface area contributed by atoms with Crippen LogP contribution in [0.3, 0.4) is 0 Å². The van der Waals surface area contributed by atoms with Crippen LogP contribution < -0.4 is 0 Å². The zero-order chi connectivity index (χ0) is 13.1. The van der Waals surface area contributed by atoms with Crippen LogP contribution in [0.5, 0.6) is 0 Å². The van der Waals surface area contributed by atoms with Gasteiger partial charge in [0.25, 0.3) is 0 Å². The molecule has 94 valence electrons. The molecule has 1 unspecified atom stereocenters. The number of carboxylic acids is 1. The zero-order valence-corrected chi connectivity index (χ0v) is 9.57. The topological polar surface area (TPSA) is 87.6 Å². The van der Waals surface area contributed by atoms with Crippen LogP contribution in [0.25, 0.3) is 0 Å². The van der Waals surface area contributed by atoms with Gasteiger partial charge < -0.3 is 5.11 Å². The van der Waals surface area contributed by atoms with Gasteiger partial charge in [-0.1, -0.05) is 6.07 Å². The Morgan fingerprint density at radius 1 is 1.44 bits per heavy atom. The van der Waals surface area contributed by atoms with Crippen LogP contribution in [0.2, 0.25) is 0 Å². The molecule has 1 aliphatic heterocycles. The fourth-order valence-corrected chi connectivity index (χ4v) is 1.94. The molecule has 1 aliphatic rings. The summed E-state index contributed by atoms with van der Waals surface area (Å²) in [5.74, 6) is -2.30. The minimum absolute atomic E-state index is 0.0649. The minimum Gasteiger partial charge on any atom is -0.481 e. The van der Waals surface area contributed by atoms with Crippen LogP contribution in [-0.4, -0.2) is 39.3 Å². The smallest absolute Gasteiger partial charge is 0.305 e. The Morgan fingerprint density at radius 3 is 2.83 bits per heavy atom. The highest BCUT2D eigenvalue weighted by Crippen LogP contribution is 2.28. The van der Waals surface area contributed by atoms with Crippen molar-refractivity contribution in [2.45, 2.75) is 18.8 Å². The van der Waals surface area contributed by atoms with Gasteiger partial charge >= 0.3 is 5.97 Å². The highest BCUT2D eigenvalue weighted by molar-refractivity contribution is 6.06. The summed E-state index contributed by atoms with van der Waals surface area (Å²) >= 11 is 0. The van der Waals surface area contributed by atoms with E-state index in [4.69, 9.17) is 5.11 Å². The number of aromatic nitrogens is 1. The van der Waals surface area contributed by atoms with Crippen LogP contribution in [0, 0.1) is 0 Å². The van der Waals surface area contributed by atoms with Gasteiger partial charge in [0, 0.05) is 19.2 Å². The molecule has 18 heavy (non-hydrogen) atoms. The summed E-state index contributed by atoms with van der Waals surface area (Å²) in [6.07, 6.45) is 1.40. The summed E-state index contributed by atoms with van der Waals surface area (Å²) in [4.78, 5) is 39.2. The van der Waals surface area contributed by atoms with Crippen molar-refractivity contribution in [1.82, 2.24) is 9.88 Å². The summed E-state index contributed by atoms with van der Waals surface area (Å²) in [5.41, 5.74) is 0.550. The number of pyridine rings is 1. The molecule has 1 atom stereocenters. The highest BCUT2D eigenvalue weighted by atomic mass is 16.4. The standard InChI is InChI=1S/C12H12N2O4/c15-10-7-8(9-3-1-2-5-13-9)12(18)14(10)6-4-11(16)17/h1-3,5,8H,4,6-7H2,(H,16,17). The normalized spacial score (nSPS) is 19.3. The second kappa shape index (κ2) is 4.95. The molecule has 1 N–H and O–H groups in total. The maximum atomic E-state index is 12.0. The first kappa shape index (κ1) is 12.2. The van der Waals surface area contributed by atoms with Crippen molar-refractivity contribution in [2.75, 3.05) is 6.54 Å². The average Bonchev–Trinajstić information content (AvgIpc) is 2.63. The largest absolute Gasteiger partial charge is 0.481 e. The summed E-state index contributed by atoms with van der Waals surface area (Å²) in [7, 11) is 0. The lowest BCUT2D eigenvalue weighted by atomic mass is 10.0. The van der Waals surface area contributed by atoms with Gasteiger partial charge in [0.15, 0.2) is 0 Å². The molecule has 1 saturated heterocycles. The Balaban J connectivity index is 2.12. The van der Waals surface area contributed by atoms with Crippen LogP contribution in [0.4, 0.5) is 0 Å². The second-order valence-electron chi connectivity index (χ2n) is 4.04. The van der Waals surface area contributed by atoms with Gasteiger partial charge in [0.2, 0.25) is 11.8 Å². The average molecular weight is 248 g/mol. The molecule has 2 heterocycles. The third-order valence-electron chi connectivity index (χ3n) is 2.84. The van der Waals surface area contributed by atoms with E-state index >= 15 is 0 Å². The molecule has 1 aromatic rings. The van der Waals surface area contributed by atoms with Gasteiger partial charge in [-0.2, -0.15) is 0 Å². The lowest BCUT2D eigenvalue weighted by molar-refractivity contribution is -0.141. The van der Waals surface area contributed by atoms with E-state index in [2.05, 4.69) is 4.98 Å². The summed E-state index contributed by atoms with van der Waals surface area (Å²) in [5, 5.41) is 8.57. The van der Waals surface area contributed by atoms with Gasteiger partial charge in [0.05, 0.1) is 18.0 Å². The van der Waals surface area contributed by atoms with Crippen LogP contribution in [0.1, 0.15) is 24.5 Å². The van der Waals surface area contributed by atoms with E-state index in [0.717, 1.165) is 4.90 Å². The molecule has 6 nitrogen and oxygen atoms in total. The van der Waals surface area contributed by atoms with Gasteiger partial charge in [-0.3, -0.25) is 24.3 Å². The van der Waals surface area contributed by atoms with Crippen molar-refractivity contribution in [3.05, 3.63) is 30.1 Å². The van der Waals surface area contributed by atoms with Gasteiger partial charge in [0.1, 0.15) is 0 Å². The fraction of sp³-hybridized carbons (Fsp3) is 0.333. The molecule has 6 heteroatoms. The minimum atomic E-state index is -1.03. The molecule has 2 rings (SSSR count). The van der Waals surface area contributed by atoms with Crippen molar-refractivity contribution in [3.8, 4) is 0 Å². The van der Waals surface area contributed by atoms with E-state index in [1.165, 1.54) is 0 Å². The second-order valence-corrected chi connectivity index (χ2v) is 4.04. The monoisotopic (exact) mass is 248 g/mol. The molecule has 1 aromatic heterocycles. The van der Waals surface area contributed by atoms with E-state index in [1.54, 1.807) is 24.4 Å². The number of rotatable bonds is 4. The highest BCUT2D eigenvalue weighted by Gasteiger charge is 2.39. The number of likely N-dealkylation sites (tertiary alicyclic amines) is 1. The number of imide groups is 1. The van der Waals surface area contributed by atoms with E-state index < -0.39 is 11.9 Å². The molecule has 0 spiro atoms. The lowest BCUT2D eigenvalue weighted by Crippen LogP contribution is -2.32. The number of carboxylic acid groups (broad SMARTS) is 1. The van der Waals surface area contributed by atoms with E-state index in [0.29, 0.717) is 5.69 Å². The van der Waals surface area contributed by atoms with Gasteiger partial charge in [-0.15, -0.1) is 0 Å². The number of aliphatic carboxylic acids is 1. The van der Waals surface area contributed by atoms with Crippen LogP contribution >= 0.6 is 0 Å². The Hall–Kier alpha value is -2.24. The Morgan fingerprint density at radius 2 is 2.22 bits per heavy atom. The lowest BCUT2D eigenvalue weighted by Gasteiger charge is -2.13. The number of carbonyl (C=O) groups excluding carboxylic acids is 2. The molecule has 0 aliphatic carbocycles. The predicted molar refractivity (Wildman–Crippen MR) is 60.6 cm³/mol. The maximum absolute atomic E-state index is 12.0. The summed E-state index contributed by atoms with van der Waals surface area (Å²) in [6, 6.07) is 5.17. The molecule has 0 radical (unpaired) electrons. The van der Waals surface area contributed by atoms with Gasteiger partial charge in [-0.05, 0) is 12.1 Å². The Bertz CT molecular complexity index is 486. The molecular formula is C12H12N2O4. The number of carbonyl (C=O) groups is 3. The van der Waals surface area contributed by atoms with Crippen molar-refractivity contribution < 1.29 is 19.5 Å². The van der Waals surface area contributed by atoms with E-state index in [-0.39, 0.29) is 31.2 Å². The number of amides is 2. The number of nitrogens with zero attached hydrogens (tertiary/aromatic N) is 2. The molecule has 0 aromatic carbocycles. The molecule has 0 bridgehead atoms. The Kier molecular flexibility index (Phi) is 3.36. The number of hydrogen-bond donors (Lipinski definition) is 1. The third kappa shape index (κ3) is 2.37. The quantitative estimate of drug-likeness (QED) is 0.779. The molecular weight excluding hydrogens is 236 g/mol. The van der Waals surface area contributed by atoms with E-state index in [9.17, 15) is 14.4 Å². The SMILES string of the molecule is O=C(O)CCN1C(=O)CC(c2ccccn2)C1=O. The third-order valence-corrected chi connectivity index (χ3v) is 2.84. The first-order valence-corrected chi connectivity index (χ1v) is 5.56. The summed E-state index contributed by atoms with van der Waals surface area (Å²) < 4.78 is 0. The Labute approximate surface area is 103 Å². The van der Waals surface area contributed by atoms with Crippen molar-refractivity contribution in [1.29, 1.82) is 0 Å². The fourth-order valence-electron chi connectivity index (χ4n) is 1.94. The summed E-state index contributed by atoms with van der Waals surface area (Å²) in [6.45, 7) is -0.0731. The molecule has 2 amide bonds. The first-order chi connectivity index (χ1) is 8.59. The zero-order valence-electron chi connectivity index (χ0n) is 9.57. The van der Waals surface area contributed by atoms with Crippen LogP contribution in [0.15, 0.2) is 24.4 Å². The van der Waals surface area contributed by atoms with Crippen molar-refractivity contribution in [3.63, 3.8) is 0 Å².